The number of carbonyl (C=O) groups excluding carboxylic acids is 1. The molecule has 1 aromatic carbocycles. The van der Waals surface area contributed by atoms with Gasteiger partial charge in [0.25, 0.3) is 5.91 Å². The number of hydrogen-bond acceptors (Lipinski definition) is 5. The Kier molecular flexibility index (Phi) is 4.61. The van der Waals surface area contributed by atoms with Crippen LogP contribution in [0.25, 0.3) is 0 Å². The number of furan rings is 1. The molecule has 0 atom stereocenters. The van der Waals surface area contributed by atoms with E-state index >= 15 is 0 Å². The summed E-state index contributed by atoms with van der Waals surface area (Å²) in [7, 11) is 0. The topological polar surface area (TPSA) is 58.0 Å². The number of hydrogen-bond donors (Lipinski definition) is 1. The monoisotopic (exact) mass is 341 g/mol. The predicted molar refractivity (Wildman–Crippen MR) is 97.6 cm³/mol. The molecule has 2 saturated heterocycles. The molecular formula is C19H23N3O3. The molecule has 25 heavy (non-hydrogen) atoms. The zero-order chi connectivity index (χ0) is 17.1. The molecule has 0 radical (unpaired) electrons. The summed E-state index contributed by atoms with van der Waals surface area (Å²) in [5.74, 6) is 0.0950. The number of morpholine rings is 1. The van der Waals surface area contributed by atoms with Gasteiger partial charge in [0, 0.05) is 31.9 Å². The lowest BCUT2D eigenvalue weighted by atomic mass is 10.2. The average Bonchev–Trinajstić information content (AvgIpc) is 3.36. The summed E-state index contributed by atoms with van der Waals surface area (Å²) in [6.07, 6.45) is 3.96. The van der Waals surface area contributed by atoms with Crippen molar-refractivity contribution in [2.75, 3.05) is 54.5 Å². The van der Waals surface area contributed by atoms with Crippen molar-refractivity contribution in [2.24, 2.45) is 0 Å². The van der Waals surface area contributed by atoms with Crippen LogP contribution in [-0.2, 0) is 4.74 Å². The van der Waals surface area contributed by atoms with Crippen LogP contribution in [0.4, 0.5) is 17.1 Å². The molecule has 1 aromatic heterocycles. The van der Waals surface area contributed by atoms with E-state index < -0.39 is 0 Å². The van der Waals surface area contributed by atoms with Gasteiger partial charge in [-0.25, -0.2) is 0 Å². The van der Waals surface area contributed by atoms with E-state index in [4.69, 9.17) is 9.15 Å². The molecule has 0 unspecified atom stereocenters. The number of ether oxygens (including phenoxy) is 1. The maximum Gasteiger partial charge on any atom is 0.291 e. The second-order valence-corrected chi connectivity index (χ2v) is 6.43. The van der Waals surface area contributed by atoms with E-state index in [1.165, 1.54) is 19.1 Å². The Morgan fingerprint density at radius 1 is 1.00 bits per heavy atom. The first-order chi connectivity index (χ1) is 12.3. The molecule has 1 amide bonds. The standard InChI is InChI=1S/C19H23N3O3/c23-19(18-4-3-11-25-18)20-16-14-15(21-7-1-2-8-21)5-6-17(16)22-9-12-24-13-10-22/h3-6,11,14H,1-2,7-10,12-13H2,(H,20,23). The van der Waals surface area contributed by atoms with E-state index in [1.54, 1.807) is 12.1 Å². The van der Waals surface area contributed by atoms with Gasteiger partial charge in [0.05, 0.1) is 30.9 Å². The normalized spacial score (nSPS) is 17.8. The van der Waals surface area contributed by atoms with Crippen molar-refractivity contribution in [1.82, 2.24) is 0 Å². The molecule has 2 fully saturated rings. The Balaban J connectivity index is 1.63. The van der Waals surface area contributed by atoms with Gasteiger partial charge in [-0.15, -0.1) is 0 Å². The lowest BCUT2D eigenvalue weighted by Crippen LogP contribution is -2.36. The van der Waals surface area contributed by atoms with Gasteiger partial charge in [-0.1, -0.05) is 0 Å². The number of amides is 1. The van der Waals surface area contributed by atoms with Gasteiger partial charge in [-0.05, 0) is 43.2 Å². The smallest absolute Gasteiger partial charge is 0.291 e. The summed E-state index contributed by atoms with van der Waals surface area (Å²) in [6, 6.07) is 9.73. The quantitative estimate of drug-likeness (QED) is 0.926. The first kappa shape index (κ1) is 16.0. The van der Waals surface area contributed by atoms with Crippen molar-refractivity contribution < 1.29 is 13.9 Å². The van der Waals surface area contributed by atoms with Gasteiger partial charge in [-0.3, -0.25) is 4.79 Å². The van der Waals surface area contributed by atoms with Crippen molar-refractivity contribution in [2.45, 2.75) is 12.8 Å². The molecule has 132 valence electrons. The molecule has 4 rings (SSSR count). The van der Waals surface area contributed by atoms with Gasteiger partial charge in [-0.2, -0.15) is 0 Å². The zero-order valence-electron chi connectivity index (χ0n) is 14.2. The van der Waals surface area contributed by atoms with E-state index in [2.05, 4.69) is 33.3 Å². The third kappa shape index (κ3) is 3.49. The van der Waals surface area contributed by atoms with Gasteiger partial charge in [0.1, 0.15) is 0 Å². The number of anilines is 3. The molecule has 2 aliphatic heterocycles. The fourth-order valence-corrected chi connectivity index (χ4v) is 3.47. The van der Waals surface area contributed by atoms with E-state index in [9.17, 15) is 4.79 Å². The lowest BCUT2D eigenvalue weighted by molar-refractivity contribution is 0.0996. The number of carbonyl (C=O) groups is 1. The van der Waals surface area contributed by atoms with Crippen LogP contribution in [-0.4, -0.2) is 45.3 Å². The lowest BCUT2D eigenvalue weighted by Gasteiger charge is -2.31. The van der Waals surface area contributed by atoms with Gasteiger partial charge in [0.2, 0.25) is 0 Å². The SMILES string of the molecule is O=C(Nc1cc(N2CCCC2)ccc1N1CCOCC1)c1ccco1. The highest BCUT2D eigenvalue weighted by Gasteiger charge is 2.20. The van der Waals surface area contributed by atoms with Crippen molar-refractivity contribution in [3.63, 3.8) is 0 Å². The van der Waals surface area contributed by atoms with Crippen molar-refractivity contribution in [3.05, 3.63) is 42.4 Å². The van der Waals surface area contributed by atoms with Crippen LogP contribution in [0.2, 0.25) is 0 Å². The fraction of sp³-hybridized carbons (Fsp3) is 0.421. The summed E-state index contributed by atoms with van der Waals surface area (Å²) < 4.78 is 10.7. The molecule has 0 spiro atoms. The first-order valence-corrected chi connectivity index (χ1v) is 8.88. The summed E-state index contributed by atoms with van der Waals surface area (Å²) in [5, 5.41) is 3.03. The van der Waals surface area contributed by atoms with Crippen LogP contribution in [0.3, 0.4) is 0 Å². The van der Waals surface area contributed by atoms with E-state index in [0.717, 1.165) is 43.2 Å². The molecule has 3 heterocycles. The van der Waals surface area contributed by atoms with Crippen LogP contribution in [0, 0.1) is 0 Å². The van der Waals surface area contributed by atoms with Gasteiger partial charge < -0.3 is 24.3 Å². The Bertz CT molecular complexity index is 718. The molecule has 2 aromatic rings. The molecule has 6 nitrogen and oxygen atoms in total. The van der Waals surface area contributed by atoms with Gasteiger partial charge >= 0.3 is 0 Å². The third-order valence-corrected chi connectivity index (χ3v) is 4.80. The molecule has 2 aliphatic rings. The zero-order valence-corrected chi connectivity index (χ0v) is 14.2. The molecule has 0 bridgehead atoms. The number of nitrogens with one attached hydrogen (secondary N) is 1. The Morgan fingerprint density at radius 3 is 2.52 bits per heavy atom. The molecule has 6 heteroatoms. The van der Waals surface area contributed by atoms with E-state index in [0.29, 0.717) is 19.0 Å². The Labute approximate surface area is 147 Å². The minimum atomic E-state index is -0.224. The van der Waals surface area contributed by atoms with Gasteiger partial charge in [0.15, 0.2) is 5.76 Å². The minimum Gasteiger partial charge on any atom is -0.459 e. The second kappa shape index (κ2) is 7.19. The molecule has 1 N–H and O–H groups in total. The van der Waals surface area contributed by atoms with Crippen molar-refractivity contribution in [3.8, 4) is 0 Å². The largest absolute Gasteiger partial charge is 0.459 e. The summed E-state index contributed by atoms with van der Waals surface area (Å²) in [5.41, 5.74) is 3.02. The highest BCUT2D eigenvalue weighted by molar-refractivity contribution is 6.04. The second-order valence-electron chi connectivity index (χ2n) is 6.43. The number of benzene rings is 1. The van der Waals surface area contributed by atoms with Crippen LogP contribution in [0.15, 0.2) is 41.0 Å². The van der Waals surface area contributed by atoms with E-state index in [-0.39, 0.29) is 5.91 Å². The summed E-state index contributed by atoms with van der Waals surface area (Å²) >= 11 is 0. The van der Waals surface area contributed by atoms with E-state index in [1.807, 2.05) is 0 Å². The third-order valence-electron chi connectivity index (χ3n) is 4.80. The molecular weight excluding hydrogens is 318 g/mol. The Hall–Kier alpha value is -2.47. The maximum atomic E-state index is 12.5. The average molecular weight is 341 g/mol. The van der Waals surface area contributed by atoms with Crippen molar-refractivity contribution in [1.29, 1.82) is 0 Å². The summed E-state index contributed by atoms with van der Waals surface area (Å²) in [6.45, 7) is 5.21. The number of nitrogens with zero attached hydrogens (tertiary/aromatic N) is 2. The maximum absolute atomic E-state index is 12.5. The molecule has 0 aliphatic carbocycles. The van der Waals surface area contributed by atoms with Crippen LogP contribution in [0.5, 0.6) is 0 Å². The fourth-order valence-electron chi connectivity index (χ4n) is 3.47. The first-order valence-electron chi connectivity index (χ1n) is 8.88. The summed E-state index contributed by atoms with van der Waals surface area (Å²) in [4.78, 5) is 17.1. The molecule has 0 saturated carbocycles. The Morgan fingerprint density at radius 2 is 1.80 bits per heavy atom. The van der Waals surface area contributed by atoms with Crippen molar-refractivity contribution >= 4 is 23.0 Å². The number of rotatable bonds is 4. The van der Waals surface area contributed by atoms with Crippen LogP contribution >= 0.6 is 0 Å². The van der Waals surface area contributed by atoms with Crippen LogP contribution < -0.4 is 15.1 Å². The van der Waals surface area contributed by atoms with Crippen LogP contribution in [0.1, 0.15) is 23.4 Å². The predicted octanol–water partition coefficient (Wildman–Crippen LogP) is 2.97. The highest BCUT2D eigenvalue weighted by Crippen LogP contribution is 2.33. The highest BCUT2D eigenvalue weighted by atomic mass is 16.5. The minimum absolute atomic E-state index is 0.224.